The van der Waals surface area contributed by atoms with Crippen molar-refractivity contribution in [2.75, 3.05) is 6.54 Å². The molecule has 0 aromatic heterocycles. The van der Waals surface area contributed by atoms with Crippen LogP contribution in [0, 0.1) is 12.3 Å². The highest BCUT2D eigenvalue weighted by Crippen LogP contribution is 2.30. The van der Waals surface area contributed by atoms with E-state index in [-0.39, 0.29) is 16.2 Å². The molecule has 2 aromatic carbocycles. The summed E-state index contributed by atoms with van der Waals surface area (Å²) in [6.07, 6.45) is 0. The molecule has 0 saturated heterocycles. The molecule has 1 N–H and O–H groups in total. The number of aryl methyl sites for hydroxylation is 1. The Morgan fingerprint density at radius 2 is 1.67 bits per heavy atom. The number of rotatable bonds is 4. The van der Waals surface area contributed by atoms with Gasteiger partial charge in [-0.25, -0.2) is 8.42 Å². The number of hydrogen-bond donors (Lipinski definition) is 1. The van der Waals surface area contributed by atoms with Crippen molar-refractivity contribution in [1.29, 1.82) is 0 Å². The van der Waals surface area contributed by atoms with Crippen molar-refractivity contribution in [3.05, 3.63) is 64.7 Å². The minimum absolute atomic E-state index is 0.0450. The summed E-state index contributed by atoms with van der Waals surface area (Å²) in [6, 6.07) is 12.6. The molecule has 1 aliphatic heterocycles. The third kappa shape index (κ3) is 4.22. The molecular formula is C21H26N2O3S. The fraction of sp³-hybridized carbons (Fsp3) is 0.381. The van der Waals surface area contributed by atoms with Crippen LogP contribution >= 0.6 is 0 Å². The van der Waals surface area contributed by atoms with Gasteiger partial charge in [-0.15, -0.1) is 0 Å². The molecule has 1 heterocycles. The van der Waals surface area contributed by atoms with E-state index in [9.17, 15) is 13.2 Å². The van der Waals surface area contributed by atoms with Gasteiger partial charge in [0.2, 0.25) is 10.0 Å². The Morgan fingerprint density at radius 1 is 1.07 bits per heavy atom. The van der Waals surface area contributed by atoms with Gasteiger partial charge < -0.3 is 5.32 Å². The third-order valence-corrected chi connectivity index (χ3v) is 6.59. The monoisotopic (exact) mass is 386 g/mol. The number of nitrogens with one attached hydrogen (secondary N) is 1. The average Bonchev–Trinajstić information content (AvgIpc) is 3.04. The van der Waals surface area contributed by atoms with E-state index in [1.54, 1.807) is 19.1 Å². The van der Waals surface area contributed by atoms with Crippen LogP contribution in [0.2, 0.25) is 0 Å². The van der Waals surface area contributed by atoms with Gasteiger partial charge in [0.1, 0.15) is 0 Å². The molecule has 2 aromatic rings. The lowest BCUT2D eigenvalue weighted by Gasteiger charge is -2.20. The van der Waals surface area contributed by atoms with E-state index in [4.69, 9.17) is 0 Å². The van der Waals surface area contributed by atoms with Gasteiger partial charge in [-0.3, -0.25) is 4.79 Å². The lowest BCUT2D eigenvalue weighted by Crippen LogP contribution is -2.32. The van der Waals surface area contributed by atoms with E-state index < -0.39 is 10.0 Å². The highest BCUT2D eigenvalue weighted by molar-refractivity contribution is 7.89. The number of nitrogens with zero attached hydrogens (tertiary/aromatic N) is 1. The number of carbonyl (C=O) groups is 1. The predicted octanol–water partition coefficient (Wildman–Crippen LogP) is 3.48. The van der Waals surface area contributed by atoms with E-state index in [0.717, 1.165) is 11.1 Å². The molecule has 6 heteroatoms. The number of benzene rings is 2. The summed E-state index contributed by atoms with van der Waals surface area (Å²) in [5, 5.41) is 2.87. The van der Waals surface area contributed by atoms with Crippen LogP contribution in [0.25, 0.3) is 0 Å². The van der Waals surface area contributed by atoms with Gasteiger partial charge in [0.05, 0.1) is 4.90 Å². The van der Waals surface area contributed by atoms with Gasteiger partial charge in [-0.1, -0.05) is 51.1 Å². The molecule has 0 spiro atoms. The molecule has 1 aliphatic rings. The summed E-state index contributed by atoms with van der Waals surface area (Å²) < 4.78 is 27.9. The molecular weight excluding hydrogens is 360 g/mol. The van der Waals surface area contributed by atoms with Crippen LogP contribution in [-0.2, 0) is 23.1 Å². The first-order chi connectivity index (χ1) is 12.6. The number of hydrogen-bond acceptors (Lipinski definition) is 3. The van der Waals surface area contributed by atoms with Crippen LogP contribution in [0.3, 0.4) is 0 Å². The minimum atomic E-state index is -3.68. The number of carbonyl (C=O) groups excluding carboxylic acids is 1. The maximum Gasteiger partial charge on any atom is 0.251 e. The molecule has 3 rings (SSSR count). The zero-order valence-corrected chi connectivity index (χ0v) is 17.1. The summed E-state index contributed by atoms with van der Waals surface area (Å²) in [5.41, 5.74) is 3.01. The van der Waals surface area contributed by atoms with Crippen LogP contribution in [0.1, 0.15) is 47.8 Å². The van der Waals surface area contributed by atoms with Gasteiger partial charge in [0.15, 0.2) is 0 Å². The summed E-state index contributed by atoms with van der Waals surface area (Å²) >= 11 is 0. The van der Waals surface area contributed by atoms with Crippen LogP contribution in [0.5, 0.6) is 0 Å². The van der Waals surface area contributed by atoms with E-state index in [1.807, 2.05) is 45.0 Å². The van der Waals surface area contributed by atoms with E-state index in [0.29, 0.717) is 30.8 Å². The average molecular weight is 387 g/mol. The fourth-order valence-electron chi connectivity index (χ4n) is 3.08. The van der Waals surface area contributed by atoms with Crippen molar-refractivity contribution in [3.63, 3.8) is 0 Å². The highest BCUT2D eigenvalue weighted by Gasteiger charge is 2.31. The Morgan fingerprint density at radius 3 is 2.22 bits per heavy atom. The largest absolute Gasteiger partial charge is 0.352 e. The quantitative estimate of drug-likeness (QED) is 0.875. The standard InChI is InChI=1S/C21H26N2O3S/c1-15-9-10-16(20(24)22-14-21(2,3)4)11-19(15)27(25,26)23-12-17-7-5-6-8-18(17)13-23/h5-11H,12-14H2,1-4H3,(H,22,24). The summed E-state index contributed by atoms with van der Waals surface area (Å²) in [7, 11) is -3.68. The zero-order chi connectivity index (χ0) is 19.8. The SMILES string of the molecule is Cc1ccc(C(=O)NCC(C)(C)C)cc1S(=O)(=O)N1Cc2ccccc2C1. The second kappa shape index (κ2) is 7.09. The van der Waals surface area contributed by atoms with Crippen LogP contribution in [-0.4, -0.2) is 25.2 Å². The summed E-state index contributed by atoms with van der Waals surface area (Å²) in [6.45, 7) is 9.09. The summed E-state index contributed by atoms with van der Waals surface area (Å²) in [5.74, 6) is -0.258. The summed E-state index contributed by atoms with van der Waals surface area (Å²) in [4.78, 5) is 12.7. The van der Waals surface area contributed by atoms with Crippen LogP contribution in [0.15, 0.2) is 47.4 Å². The van der Waals surface area contributed by atoms with E-state index in [1.165, 1.54) is 10.4 Å². The van der Waals surface area contributed by atoms with Gasteiger partial charge in [0.25, 0.3) is 5.91 Å². The van der Waals surface area contributed by atoms with Crippen molar-refractivity contribution in [3.8, 4) is 0 Å². The topological polar surface area (TPSA) is 66.5 Å². The van der Waals surface area contributed by atoms with Gasteiger partial charge in [-0.05, 0) is 41.2 Å². The molecule has 0 aliphatic carbocycles. The Kier molecular flexibility index (Phi) is 5.14. The second-order valence-electron chi connectivity index (χ2n) is 8.27. The van der Waals surface area contributed by atoms with Crippen LogP contribution in [0.4, 0.5) is 0 Å². The fourth-order valence-corrected chi connectivity index (χ4v) is 4.72. The molecule has 0 saturated carbocycles. The molecule has 0 radical (unpaired) electrons. The number of fused-ring (bicyclic) bond motifs is 1. The van der Waals surface area contributed by atoms with Crippen molar-refractivity contribution in [1.82, 2.24) is 9.62 Å². The molecule has 1 amide bonds. The normalized spacial score (nSPS) is 14.8. The van der Waals surface area contributed by atoms with E-state index >= 15 is 0 Å². The minimum Gasteiger partial charge on any atom is -0.352 e. The molecule has 5 nitrogen and oxygen atoms in total. The first-order valence-electron chi connectivity index (χ1n) is 9.04. The second-order valence-corrected chi connectivity index (χ2v) is 10.2. The van der Waals surface area contributed by atoms with Gasteiger partial charge in [-0.2, -0.15) is 4.31 Å². The molecule has 0 atom stereocenters. The number of sulfonamides is 1. The third-order valence-electron chi connectivity index (χ3n) is 4.66. The first-order valence-corrected chi connectivity index (χ1v) is 10.5. The maximum absolute atomic E-state index is 13.2. The Hall–Kier alpha value is -2.18. The van der Waals surface area contributed by atoms with Crippen molar-refractivity contribution >= 4 is 15.9 Å². The molecule has 0 bridgehead atoms. The smallest absolute Gasteiger partial charge is 0.251 e. The zero-order valence-electron chi connectivity index (χ0n) is 16.2. The Balaban J connectivity index is 1.87. The van der Waals surface area contributed by atoms with Crippen LogP contribution < -0.4 is 5.32 Å². The highest BCUT2D eigenvalue weighted by atomic mass is 32.2. The van der Waals surface area contributed by atoms with Gasteiger partial charge >= 0.3 is 0 Å². The van der Waals surface area contributed by atoms with Gasteiger partial charge in [0, 0.05) is 25.2 Å². The van der Waals surface area contributed by atoms with Crippen molar-refractivity contribution < 1.29 is 13.2 Å². The van der Waals surface area contributed by atoms with Crippen molar-refractivity contribution in [2.24, 2.45) is 5.41 Å². The Labute approximate surface area is 161 Å². The lowest BCUT2D eigenvalue weighted by atomic mass is 9.97. The molecule has 27 heavy (non-hydrogen) atoms. The maximum atomic E-state index is 13.2. The molecule has 144 valence electrons. The lowest BCUT2D eigenvalue weighted by molar-refractivity contribution is 0.0939. The van der Waals surface area contributed by atoms with Crippen molar-refractivity contribution in [2.45, 2.75) is 45.7 Å². The molecule has 0 unspecified atom stereocenters. The predicted molar refractivity (Wildman–Crippen MR) is 106 cm³/mol. The molecule has 0 fully saturated rings. The first kappa shape index (κ1) is 19.6. The number of amides is 1. The van der Waals surface area contributed by atoms with E-state index in [2.05, 4.69) is 5.32 Å². The Bertz CT molecular complexity index is 950.